The van der Waals surface area contributed by atoms with Gasteiger partial charge in [-0.1, -0.05) is 18.6 Å². The van der Waals surface area contributed by atoms with Crippen LogP contribution in [0.5, 0.6) is 11.5 Å². The molecular formula is C18H27NO2. The van der Waals surface area contributed by atoms with Gasteiger partial charge in [0.1, 0.15) is 0 Å². The van der Waals surface area contributed by atoms with Crippen molar-refractivity contribution in [2.45, 2.75) is 52.1 Å². The second-order valence-corrected chi connectivity index (χ2v) is 6.71. The van der Waals surface area contributed by atoms with Crippen LogP contribution in [0.2, 0.25) is 0 Å². The Morgan fingerprint density at radius 3 is 2.86 bits per heavy atom. The topological polar surface area (TPSA) is 41.5 Å². The predicted molar refractivity (Wildman–Crippen MR) is 84.5 cm³/mol. The van der Waals surface area contributed by atoms with Crippen LogP contribution in [0.3, 0.4) is 0 Å². The largest absolute Gasteiger partial charge is 0.504 e. The van der Waals surface area contributed by atoms with Gasteiger partial charge in [-0.2, -0.15) is 0 Å². The molecule has 4 unspecified atom stereocenters. The average molecular weight is 289 g/mol. The fraction of sp³-hybridized carbons (Fsp3) is 0.667. The number of benzene rings is 1. The number of fused-ring (bicyclic) bond motifs is 2. The first-order valence-corrected chi connectivity index (χ1v) is 8.36. The van der Waals surface area contributed by atoms with Crippen LogP contribution in [-0.2, 0) is 6.54 Å². The fourth-order valence-electron chi connectivity index (χ4n) is 4.31. The number of hydrogen-bond acceptors (Lipinski definition) is 3. The quantitative estimate of drug-likeness (QED) is 0.839. The maximum Gasteiger partial charge on any atom is 0.162 e. The molecule has 2 bridgehead atoms. The van der Waals surface area contributed by atoms with E-state index in [1.807, 2.05) is 25.1 Å². The molecule has 0 spiro atoms. The number of ether oxygens (including phenoxy) is 1. The summed E-state index contributed by atoms with van der Waals surface area (Å²) in [6.45, 7) is 5.52. The van der Waals surface area contributed by atoms with Gasteiger partial charge in [-0.15, -0.1) is 0 Å². The molecular weight excluding hydrogens is 262 g/mol. The molecule has 0 aliphatic heterocycles. The normalized spacial score (nSPS) is 28.8. The summed E-state index contributed by atoms with van der Waals surface area (Å²) < 4.78 is 5.45. The van der Waals surface area contributed by atoms with Gasteiger partial charge in [-0.25, -0.2) is 0 Å². The lowest BCUT2D eigenvalue weighted by atomic mass is 9.84. The van der Waals surface area contributed by atoms with Gasteiger partial charge in [-0.05, 0) is 56.9 Å². The molecule has 0 radical (unpaired) electrons. The molecule has 2 saturated carbocycles. The summed E-state index contributed by atoms with van der Waals surface area (Å²) in [7, 11) is 0. The summed E-state index contributed by atoms with van der Waals surface area (Å²) in [5.74, 6) is 3.61. The highest BCUT2D eigenvalue weighted by Gasteiger charge is 2.41. The Bertz CT molecular complexity index is 488. The van der Waals surface area contributed by atoms with Crippen molar-refractivity contribution in [2.24, 2.45) is 17.8 Å². The van der Waals surface area contributed by atoms with Crippen molar-refractivity contribution in [1.82, 2.24) is 5.32 Å². The van der Waals surface area contributed by atoms with Crippen molar-refractivity contribution in [3.05, 3.63) is 23.8 Å². The summed E-state index contributed by atoms with van der Waals surface area (Å²) >= 11 is 0. The number of hydrogen-bond donors (Lipinski definition) is 2. The molecule has 0 saturated heterocycles. The number of para-hydroxylation sites is 1. The van der Waals surface area contributed by atoms with Crippen LogP contribution in [0.4, 0.5) is 0 Å². The van der Waals surface area contributed by atoms with E-state index in [1.165, 1.54) is 25.7 Å². The molecule has 2 fully saturated rings. The highest BCUT2D eigenvalue weighted by molar-refractivity contribution is 5.45. The standard InChI is InChI=1S/C18H27NO2/c1-3-21-17-6-4-5-15(18(17)20)11-19-12(2)16-10-13-7-8-14(16)9-13/h4-6,12-14,16,19-20H,3,7-11H2,1-2H3. The van der Waals surface area contributed by atoms with Gasteiger partial charge in [0.15, 0.2) is 11.5 Å². The van der Waals surface area contributed by atoms with E-state index in [1.54, 1.807) is 0 Å². The van der Waals surface area contributed by atoms with Crippen LogP contribution in [0.15, 0.2) is 18.2 Å². The molecule has 0 heterocycles. The molecule has 1 aromatic carbocycles. The molecule has 1 aromatic rings. The molecule has 3 rings (SSSR count). The molecule has 4 atom stereocenters. The van der Waals surface area contributed by atoms with E-state index in [-0.39, 0.29) is 5.75 Å². The van der Waals surface area contributed by atoms with E-state index in [2.05, 4.69) is 12.2 Å². The van der Waals surface area contributed by atoms with Crippen molar-refractivity contribution in [3.8, 4) is 11.5 Å². The van der Waals surface area contributed by atoms with Gasteiger partial charge in [0.25, 0.3) is 0 Å². The molecule has 3 nitrogen and oxygen atoms in total. The van der Waals surface area contributed by atoms with Crippen LogP contribution in [-0.4, -0.2) is 17.8 Å². The lowest BCUT2D eigenvalue weighted by molar-refractivity contribution is 0.258. The van der Waals surface area contributed by atoms with Gasteiger partial charge in [0.05, 0.1) is 6.61 Å². The van der Waals surface area contributed by atoms with E-state index >= 15 is 0 Å². The molecule has 2 N–H and O–H groups in total. The second-order valence-electron chi connectivity index (χ2n) is 6.71. The van der Waals surface area contributed by atoms with E-state index in [9.17, 15) is 5.11 Å². The van der Waals surface area contributed by atoms with Crippen molar-refractivity contribution >= 4 is 0 Å². The first-order valence-electron chi connectivity index (χ1n) is 8.36. The molecule has 0 aromatic heterocycles. The Morgan fingerprint density at radius 2 is 2.19 bits per heavy atom. The zero-order valence-corrected chi connectivity index (χ0v) is 13.1. The van der Waals surface area contributed by atoms with Crippen LogP contribution in [0, 0.1) is 17.8 Å². The summed E-state index contributed by atoms with van der Waals surface area (Å²) in [6, 6.07) is 6.26. The third-order valence-corrected chi connectivity index (χ3v) is 5.43. The third kappa shape index (κ3) is 3.03. The lowest BCUT2D eigenvalue weighted by Gasteiger charge is -2.28. The van der Waals surface area contributed by atoms with Crippen molar-refractivity contribution in [2.75, 3.05) is 6.61 Å². The lowest BCUT2D eigenvalue weighted by Crippen LogP contribution is -2.35. The van der Waals surface area contributed by atoms with Crippen LogP contribution in [0.25, 0.3) is 0 Å². The molecule has 116 valence electrons. The van der Waals surface area contributed by atoms with Crippen molar-refractivity contribution < 1.29 is 9.84 Å². The smallest absolute Gasteiger partial charge is 0.162 e. The molecule has 2 aliphatic carbocycles. The monoisotopic (exact) mass is 289 g/mol. The van der Waals surface area contributed by atoms with Crippen molar-refractivity contribution in [3.63, 3.8) is 0 Å². The average Bonchev–Trinajstić information content (AvgIpc) is 3.11. The summed E-state index contributed by atoms with van der Waals surface area (Å²) in [4.78, 5) is 0. The number of rotatable bonds is 6. The minimum absolute atomic E-state index is 0.284. The number of phenolic OH excluding ortho intramolecular Hbond substituents is 1. The predicted octanol–water partition coefficient (Wildman–Crippen LogP) is 3.71. The Morgan fingerprint density at radius 1 is 1.33 bits per heavy atom. The summed E-state index contributed by atoms with van der Waals surface area (Å²) in [5, 5.41) is 13.9. The maximum absolute atomic E-state index is 10.2. The van der Waals surface area contributed by atoms with Gasteiger partial charge < -0.3 is 15.2 Å². The Kier molecular flexibility index (Phi) is 4.39. The van der Waals surface area contributed by atoms with Crippen LogP contribution < -0.4 is 10.1 Å². The highest BCUT2D eigenvalue weighted by atomic mass is 16.5. The second kappa shape index (κ2) is 6.27. The van der Waals surface area contributed by atoms with Gasteiger partial charge in [0, 0.05) is 18.2 Å². The molecule has 3 heteroatoms. The first-order chi connectivity index (χ1) is 10.2. The number of aromatic hydroxyl groups is 1. The summed E-state index contributed by atoms with van der Waals surface area (Å²) in [5.41, 5.74) is 0.927. The van der Waals surface area contributed by atoms with Gasteiger partial charge in [-0.3, -0.25) is 0 Å². The number of nitrogens with one attached hydrogen (secondary N) is 1. The Hall–Kier alpha value is -1.22. The highest BCUT2D eigenvalue weighted by Crippen LogP contribution is 2.49. The van der Waals surface area contributed by atoms with E-state index < -0.39 is 0 Å². The van der Waals surface area contributed by atoms with Crippen molar-refractivity contribution in [1.29, 1.82) is 0 Å². The van der Waals surface area contributed by atoms with E-state index in [0.29, 0.717) is 24.9 Å². The van der Waals surface area contributed by atoms with E-state index in [0.717, 1.165) is 23.3 Å². The molecule has 21 heavy (non-hydrogen) atoms. The zero-order chi connectivity index (χ0) is 14.8. The van der Waals surface area contributed by atoms with Crippen LogP contribution >= 0.6 is 0 Å². The SMILES string of the molecule is CCOc1cccc(CNC(C)C2CC3CCC2C3)c1O. The molecule has 0 amide bonds. The summed E-state index contributed by atoms with van der Waals surface area (Å²) in [6.07, 6.45) is 5.71. The fourth-order valence-corrected chi connectivity index (χ4v) is 4.31. The van der Waals surface area contributed by atoms with E-state index in [4.69, 9.17) is 4.74 Å². The number of phenols is 1. The Labute approximate surface area is 127 Å². The van der Waals surface area contributed by atoms with Gasteiger partial charge in [0.2, 0.25) is 0 Å². The maximum atomic E-state index is 10.2. The van der Waals surface area contributed by atoms with Gasteiger partial charge >= 0.3 is 0 Å². The Balaban J connectivity index is 1.58. The first kappa shape index (κ1) is 14.7. The minimum atomic E-state index is 0.284. The minimum Gasteiger partial charge on any atom is -0.504 e. The zero-order valence-electron chi connectivity index (χ0n) is 13.1. The third-order valence-electron chi connectivity index (χ3n) is 5.43. The van der Waals surface area contributed by atoms with Crippen LogP contribution in [0.1, 0.15) is 45.1 Å². The molecule has 2 aliphatic rings.